The second-order valence-electron chi connectivity index (χ2n) is 7.12. The maximum absolute atomic E-state index is 12.2. The van der Waals surface area contributed by atoms with E-state index in [0.717, 1.165) is 16.6 Å². The highest BCUT2D eigenvalue weighted by Crippen LogP contribution is 2.20. The van der Waals surface area contributed by atoms with Crippen molar-refractivity contribution >= 4 is 28.7 Å². The monoisotopic (exact) mass is 448 g/mol. The number of para-hydroxylation sites is 1. The van der Waals surface area contributed by atoms with Gasteiger partial charge in [-0.1, -0.05) is 18.2 Å². The summed E-state index contributed by atoms with van der Waals surface area (Å²) < 4.78 is 12.5. The highest BCUT2D eigenvalue weighted by atomic mass is 16.5. The topological polar surface area (TPSA) is 131 Å². The Labute approximate surface area is 187 Å². The number of aromatic nitrogens is 1. The summed E-state index contributed by atoms with van der Waals surface area (Å²) >= 11 is 0. The van der Waals surface area contributed by atoms with Crippen LogP contribution in [-0.4, -0.2) is 74.0 Å². The zero-order chi connectivity index (χ0) is 23.2. The summed E-state index contributed by atoms with van der Waals surface area (Å²) in [6.45, 7) is 2.51. The molecule has 1 aromatic heterocycles. The molecule has 32 heavy (non-hydrogen) atoms. The first-order valence-corrected chi connectivity index (χ1v) is 10.6. The van der Waals surface area contributed by atoms with E-state index >= 15 is 0 Å². The Morgan fingerprint density at radius 2 is 1.72 bits per heavy atom. The number of amides is 2. The fourth-order valence-corrected chi connectivity index (χ4v) is 3.15. The van der Waals surface area contributed by atoms with Crippen molar-refractivity contribution in [1.29, 1.82) is 0 Å². The second-order valence-corrected chi connectivity index (χ2v) is 7.12. The smallest absolute Gasteiger partial charge is 0.305 e. The molecule has 2 amide bonds. The molecule has 1 heterocycles. The number of carbonyl (C=O) groups excluding carboxylic acids is 2. The first kappa shape index (κ1) is 25.3. The standard InChI is InChI=1S/C22H32N4O6/c1-23-15-18-14-17-4-2-3-5-19(17)26(18)9-6-20(27)25-16-21(28)24-8-11-32-13-12-31-10-7-22(29)30/h2-5,14,23H,6-13,15-16H2,1H3,(H,24,28)(H,25,27)(H,29,30). The zero-order valence-corrected chi connectivity index (χ0v) is 18.4. The molecule has 0 atom stereocenters. The molecule has 1 aromatic carbocycles. The maximum atomic E-state index is 12.2. The minimum Gasteiger partial charge on any atom is -0.481 e. The summed E-state index contributed by atoms with van der Waals surface area (Å²) in [5, 5.41) is 18.1. The van der Waals surface area contributed by atoms with Crippen molar-refractivity contribution in [2.45, 2.75) is 25.9 Å². The number of ether oxygens (including phenoxy) is 2. The largest absolute Gasteiger partial charge is 0.481 e. The number of carboxylic acids is 1. The van der Waals surface area contributed by atoms with Gasteiger partial charge in [-0.05, 0) is 24.6 Å². The van der Waals surface area contributed by atoms with Crippen molar-refractivity contribution < 1.29 is 29.0 Å². The molecule has 0 unspecified atom stereocenters. The lowest BCUT2D eigenvalue weighted by molar-refractivity contribution is -0.138. The van der Waals surface area contributed by atoms with Crippen molar-refractivity contribution in [1.82, 2.24) is 20.5 Å². The lowest BCUT2D eigenvalue weighted by Gasteiger charge is -2.11. The first-order valence-electron chi connectivity index (χ1n) is 10.6. The minimum absolute atomic E-state index is 0.0408. The van der Waals surface area contributed by atoms with E-state index in [9.17, 15) is 14.4 Å². The van der Waals surface area contributed by atoms with E-state index in [4.69, 9.17) is 14.6 Å². The number of nitrogens with zero attached hydrogens (tertiary/aromatic N) is 1. The highest BCUT2D eigenvalue weighted by molar-refractivity contribution is 5.85. The van der Waals surface area contributed by atoms with Gasteiger partial charge in [-0.2, -0.15) is 0 Å². The molecule has 0 saturated carbocycles. The number of carbonyl (C=O) groups is 3. The molecule has 2 rings (SSSR count). The van der Waals surface area contributed by atoms with Crippen LogP contribution in [-0.2, 0) is 36.9 Å². The van der Waals surface area contributed by atoms with Crippen LogP contribution in [0.1, 0.15) is 18.5 Å². The molecule has 0 aliphatic carbocycles. The molecule has 0 aliphatic rings. The first-order chi connectivity index (χ1) is 15.5. The van der Waals surface area contributed by atoms with Gasteiger partial charge >= 0.3 is 5.97 Å². The van der Waals surface area contributed by atoms with Crippen molar-refractivity contribution in [3.8, 4) is 0 Å². The van der Waals surface area contributed by atoms with Gasteiger partial charge in [0.15, 0.2) is 0 Å². The number of rotatable bonds is 16. The van der Waals surface area contributed by atoms with E-state index in [0.29, 0.717) is 39.5 Å². The fraction of sp³-hybridized carbons (Fsp3) is 0.500. The van der Waals surface area contributed by atoms with Gasteiger partial charge in [0.25, 0.3) is 0 Å². The van der Waals surface area contributed by atoms with Gasteiger partial charge in [0, 0.05) is 37.3 Å². The van der Waals surface area contributed by atoms with Gasteiger partial charge < -0.3 is 35.1 Å². The predicted molar refractivity (Wildman–Crippen MR) is 119 cm³/mol. The highest BCUT2D eigenvalue weighted by Gasteiger charge is 2.10. The van der Waals surface area contributed by atoms with Crippen molar-refractivity contribution in [2.24, 2.45) is 0 Å². The lowest BCUT2D eigenvalue weighted by Crippen LogP contribution is -2.38. The van der Waals surface area contributed by atoms with Crippen LogP contribution in [0.25, 0.3) is 10.9 Å². The number of fused-ring (bicyclic) bond motifs is 1. The Morgan fingerprint density at radius 1 is 0.969 bits per heavy atom. The number of benzene rings is 1. The number of carboxylic acid groups (broad SMARTS) is 1. The molecule has 10 nitrogen and oxygen atoms in total. The van der Waals surface area contributed by atoms with Gasteiger partial charge in [0.2, 0.25) is 11.8 Å². The van der Waals surface area contributed by atoms with Gasteiger partial charge in [0.05, 0.1) is 39.4 Å². The summed E-state index contributed by atoms with van der Waals surface area (Å²) in [4.78, 5) is 34.4. The molecule has 0 spiro atoms. The number of aryl methyl sites for hydroxylation is 1. The Kier molecular flexibility index (Phi) is 11.2. The van der Waals surface area contributed by atoms with E-state index in [1.807, 2.05) is 31.3 Å². The van der Waals surface area contributed by atoms with Crippen LogP contribution in [0, 0.1) is 0 Å². The molecular weight excluding hydrogens is 416 g/mol. The number of nitrogens with one attached hydrogen (secondary N) is 3. The van der Waals surface area contributed by atoms with Crippen molar-refractivity contribution in [3.05, 3.63) is 36.0 Å². The molecule has 4 N–H and O–H groups in total. The minimum atomic E-state index is -0.905. The Morgan fingerprint density at radius 3 is 2.47 bits per heavy atom. The van der Waals surface area contributed by atoms with Gasteiger partial charge in [-0.3, -0.25) is 14.4 Å². The summed E-state index contributed by atoms with van der Waals surface area (Å²) in [5.74, 6) is -1.39. The van der Waals surface area contributed by atoms with Gasteiger partial charge in [-0.15, -0.1) is 0 Å². The van der Waals surface area contributed by atoms with E-state index in [2.05, 4.69) is 26.6 Å². The molecule has 10 heteroatoms. The summed E-state index contributed by atoms with van der Waals surface area (Å²) in [5.41, 5.74) is 2.18. The van der Waals surface area contributed by atoms with Crippen LogP contribution < -0.4 is 16.0 Å². The summed E-state index contributed by atoms with van der Waals surface area (Å²) in [6, 6.07) is 10.2. The van der Waals surface area contributed by atoms with E-state index in [1.54, 1.807) is 0 Å². The third-order valence-electron chi connectivity index (χ3n) is 4.66. The lowest BCUT2D eigenvalue weighted by atomic mass is 10.2. The molecule has 176 valence electrons. The Bertz CT molecular complexity index is 882. The SMILES string of the molecule is CNCc1cc2ccccc2n1CCC(=O)NCC(=O)NCCOCCOCCC(=O)O. The third kappa shape index (κ3) is 9.04. The van der Waals surface area contributed by atoms with E-state index in [-0.39, 0.29) is 37.8 Å². The van der Waals surface area contributed by atoms with Crippen LogP contribution in [0.3, 0.4) is 0 Å². The normalized spacial score (nSPS) is 10.9. The maximum Gasteiger partial charge on any atom is 0.305 e. The van der Waals surface area contributed by atoms with Crippen molar-refractivity contribution in [3.63, 3.8) is 0 Å². The summed E-state index contributed by atoms with van der Waals surface area (Å²) in [6.07, 6.45) is 0.231. The van der Waals surface area contributed by atoms with E-state index in [1.165, 1.54) is 0 Å². The fourth-order valence-electron chi connectivity index (χ4n) is 3.15. The average Bonchev–Trinajstić information content (AvgIpc) is 3.12. The quantitative estimate of drug-likeness (QED) is 0.275. The van der Waals surface area contributed by atoms with Crippen LogP contribution in [0.5, 0.6) is 0 Å². The molecule has 2 aromatic rings. The van der Waals surface area contributed by atoms with Crippen LogP contribution >= 0.6 is 0 Å². The van der Waals surface area contributed by atoms with Crippen LogP contribution in [0.15, 0.2) is 30.3 Å². The van der Waals surface area contributed by atoms with Gasteiger partial charge in [0.1, 0.15) is 0 Å². The molecule has 0 radical (unpaired) electrons. The van der Waals surface area contributed by atoms with Gasteiger partial charge in [-0.25, -0.2) is 0 Å². The van der Waals surface area contributed by atoms with Crippen LogP contribution in [0.2, 0.25) is 0 Å². The second kappa shape index (κ2) is 14.2. The van der Waals surface area contributed by atoms with Crippen molar-refractivity contribution in [2.75, 3.05) is 46.6 Å². The molecular formula is C22H32N4O6. The Balaban J connectivity index is 1.59. The zero-order valence-electron chi connectivity index (χ0n) is 18.4. The number of aliphatic carboxylic acids is 1. The number of hydrogen-bond donors (Lipinski definition) is 4. The van der Waals surface area contributed by atoms with E-state index < -0.39 is 5.97 Å². The molecule has 0 saturated heterocycles. The average molecular weight is 449 g/mol. The molecule has 0 aliphatic heterocycles. The predicted octanol–water partition coefficient (Wildman–Crippen LogP) is 0.491. The summed E-state index contributed by atoms with van der Waals surface area (Å²) in [7, 11) is 1.88. The third-order valence-corrected chi connectivity index (χ3v) is 4.66. The van der Waals surface area contributed by atoms with Crippen LogP contribution in [0.4, 0.5) is 0 Å². The molecule has 0 fully saturated rings. The molecule has 0 bridgehead atoms. The Hall–Kier alpha value is -2.95. The number of hydrogen-bond acceptors (Lipinski definition) is 6.